The van der Waals surface area contributed by atoms with E-state index in [2.05, 4.69) is 35.4 Å². The standard InChI is InChI=1S/C16H34O2S2Si2/c1-5-21(17-3)11-7-15(8-12-21)19-20-16-9-13-22(6-2,18-4)14-10-16/h15-16H,5-14H2,1-4H3. The quantitative estimate of drug-likeness (QED) is 0.404. The maximum Gasteiger partial charge on any atom is 0.192 e. The molecule has 22 heavy (non-hydrogen) atoms. The summed E-state index contributed by atoms with van der Waals surface area (Å²) in [5.74, 6) is 0. The van der Waals surface area contributed by atoms with Gasteiger partial charge in [-0.3, -0.25) is 0 Å². The molecule has 0 aromatic rings. The third kappa shape index (κ3) is 4.79. The monoisotopic (exact) mass is 378 g/mol. The summed E-state index contributed by atoms with van der Waals surface area (Å²) < 4.78 is 11.9. The highest BCUT2D eigenvalue weighted by molar-refractivity contribution is 8.77. The normalized spacial score (nSPS) is 39.8. The second-order valence-corrected chi connectivity index (χ2v) is 18.9. The number of hydrogen-bond acceptors (Lipinski definition) is 4. The highest BCUT2D eigenvalue weighted by Crippen LogP contribution is 2.46. The summed E-state index contributed by atoms with van der Waals surface area (Å²) in [5, 5.41) is 1.76. The van der Waals surface area contributed by atoms with Gasteiger partial charge in [0.15, 0.2) is 16.6 Å². The third-order valence-corrected chi connectivity index (χ3v) is 18.8. The van der Waals surface area contributed by atoms with Crippen LogP contribution in [0.4, 0.5) is 0 Å². The molecular weight excluding hydrogens is 344 g/mol. The van der Waals surface area contributed by atoms with Crippen molar-refractivity contribution in [1.29, 1.82) is 0 Å². The molecule has 130 valence electrons. The Hall–Kier alpha value is 1.05. The molecule has 0 unspecified atom stereocenters. The van der Waals surface area contributed by atoms with E-state index in [1.54, 1.807) is 0 Å². The van der Waals surface area contributed by atoms with Gasteiger partial charge in [0.25, 0.3) is 0 Å². The fourth-order valence-electron chi connectivity index (χ4n) is 3.99. The van der Waals surface area contributed by atoms with Gasteiger partial charge >= 0.3 is 0 Å². The van der Waals surface area contributed by atoms with Crippen molar-refractivity contribution in [3.63, 3.8) is 0 Å². The molecule has 6 heteroatoms. The van der Waals surface area contributed by atoms with Gasteiger partial charge in [-0.2, -0.15) is 0 Å². The van der Waals surface area contributed by atoms with Crippen LogP contribution in [0.2, 0.25) is 36.3 Å². The van der Waals surface area contributed by atoms with Crippen molar-refractivity contribution in [2.45, 2.75) is 86.3 Å². The summed E-state index contributed by atoms with van der Waals surface area (Å²) in [5.41, 5.74) is 0. The van der Waals surface area contributed by atoms with E-state index in [0.717, 1.165) is 10.5 Å². The Morgan fingerprint density at radius 1 is 0.727 bits per heavy atom. The van der Waals surface area contributed by atoms with Crippen LogP contribution in [0.5, 0.6) is 0 Å². The summed E-state index contributed by atoms with van der Waals surface area (Å²) in [7, 11) is 5.71. The van der Waals surface area contributed by atoms with Gasteiger partial charge in [-0.15, -0.1) is 0 Å². The van der Waals surface area contributed by atoms with Gasteiger partial charge in [-0.1, -0.05) is 35.4 Å². The molecule has 0 radical (unpaired) electrons. The lowest BCUT2D eigenvalue weighted by Gasteiger charge is -2.38. The first-order valence-corrected chi connectivity index (χ1v) is 16.4. The lowest BCUT2D eigenvalue weighted by molar-refractivity contribution is 0.378. The van der Waals surface area contributed by atoms with Gasteiger partial charge < -0.3 is 8.85 Å². The largest absolute Gasteiger partial charge is 0.420 e. The molecule has 0 spiro atoms. The molecule has 0 aromatic carbocycles. The van der Waals surface area contributed by atoms with Crippen LogP contribution in [-0.4, -0.2) is 41.4 Å². The average molecular weight is 379 g/mol. The van der Waals surface area contributed by atoms with Crippen molar-refractivity contribution in [2.24, 2.45) is 0 Å². The van der Waals surface area contributed by atoms with E-state index in [1.165, 1.54) is 61.9 Å². The molecule has 2 fully saturated rings. The smallest absolute Gasteiger partial charge is 0.192 e. The van der Waals surface area contributed by atoms with Crippen molar-refractivity contribution in [3.8, 4) is 0 Å². The Morgan fingerprint density at radius 3 is 1.27 bits per heavy atom. The van der Waals surface area contributed by atoms with E-state index in [-0.39, 0.29) is 0 Å². The molecular formula is C16H34O2S2Si2. The SMILES string of the molecule is CC[Si]1(OC)CCC(SSC2CC[Si](CC)(OC)CC2)CC1. The molecule has 2 nitrogen and oxygen atoms in total. The maximum absolute atomic E-state index is 5.93. The summed E-state index contributed by atoms with van der Waals surface area (Å²) in [6.07, 6.45) is 5.57. The van der Waals surface area contributed by atoms with E-state index in [4.69, 9.17) is 8.85 Å². The van der Waals surface area contributed by atoms with Crippen molar-refractivity contribution < 1.29 is 8.85 Å². The van der Waals surface area contributed by atoms with Crippen molar-refractivity contribution in [2.75, 3.05) is 14.2 Å². The second kappa shape index (κ2) is 8.95. The van der Waals surface area contributed by atoms with E-state index in [0.29, 0.717) is 0 Å². The predicted molar refractivity (Wildman–Crippen MR) is 107 cm³/mol. The van der Waals surface area contributed by atoms with Gasteiger partial charge in [0.2, 0.25) is 0 Å². The zero-order valence-electron chi connectivity index (χ0n) is 14.9. The van der Waals surface area contributed by atoms with Gasteiger partial charge in [-0.05, 0) is 61.9 Å². The van der Waals surface area contributed by atoms with E-state index < -0.39 is 16.6 Å². The molecule has 2 rings (SSSR count). The minimum absolute atomic E-state index is 0.879. The second-order valence-electron chi connectivity index (χ2n) is 7.07. The fourth-order valence-corrected chi connectivity index (χ4v) is 14.9. The molecule has 2 aliphatic rings. The summed E-state index contributed by atoms with van der Waals surface area (Å²) >= 11 is 0. The first kappa shape index (κ1) is 19.4. The van der Waals surface area contributed by atoms with Crippen LogP contribution in [0.1, 0.15) is 39.5 Å². The van der Waals surface area contributed by atoms with Crippen LogP contribution in [0.25, 0.3) is 0 Å². The van der Waals surface area contributed by atoms with Gasteiger partial charge in [0, 0.05) is 24.7 Å². The summed E-state index contributed by atoms with van der Waals surface area (Å²) in [6, 6.07) is 8.16. The summed E-state index contributed by atoms with van der Waals surface area (Å²) in [6.45, 7) is 4.67. The Bertz CT molecular complexity index is 284. The van der Waals surface area contributed by atoms with Crippen LogP contribution in [0, 0.1) is 0 Å². The van der Waals surface area contributed by atoms with Crippen LogP contribution < -0.4 is 0 Å². The van der Waals surface area contributed by atoms with Crippen molar-refractivity contribution in [3.05, 3.63) is 0 Å². The molecule has 2 heterocycles. The third-order valence-electron chi connectivity index (χ3n) is 6.17. The fraction of sp³-hybridized carbons (Fsp3) is 1.00. The first-order valence-electron chi connectivity index (χ1n) is 9.03. The van der Waals surface area contributed by atoms with Crippen LogP contribution in [-0.2, 0) is 8.85 Å². The molecule has 0 bridgehead atoms. The zero-order chi connectivity index (χ0) is 16.1. The first-order chi connectivity index (χ1) is 10.6. The Morgan fingerprint density at radius 2 is 1.05 bits per heavy atom. The minimum atomic E-state index is -1.30. The van der Waals surface area contributed by atoms with Crippen molar-refractivity contribution in [1.82, 2.24) is 0 Å². The Kier molecular flexibility index (Phi) is 7.88. The van der Waals surface area contributed by atoms with E-state index in [9.17, 15) is 0 Å². The van der Waals surface area contributed by atoms with Crippen molar-refractivity contribution >= 4 is 38.2 Å². The van der Waals surface area contributed by atoms with Crippen LogP contribution >= 0.6 is 21.6 Å². The lowest BCUT2D eigenvalue weighted by Crippen LogP contribution is -2.41. The molecule has 0 N–H and O–H groups in total. The number of hydrogen-bond donors (Lipinski definition) is 0. The maximum atomic E-state index is 5.93. The molecule has 2 aliphatic heterocycles. The van der Waals surface area contributed by atoms with Gasteiger partial charge in [-0.25, -0.2) is 0 Å². The van der Waals surface area contributed by atoms with Crippen LogP contribution in [0.3, 0.4) is 0 Å². The Balaban J connectivity index is 1.68. The minimum Gasteiger partial charge on any atom is -0.420 e. The van der Waals surface area contributed by atoms with E-state index >= 15 is 0 Å². The van der Waals surface area contributed by atoms with E-state index in [1.807, 2.05) is 14.2 Å². The molecule has 0 saturated carbocycles. The predicted octanol–water partition coefficient (Wildman–Crippen LogP) is 5.92. The topological polar surface area (TPSA) is 18.5 Å². The molecule has 0 amide bonds. The van der Waals surface area contributed by atoms with Crippen LogP contribution in [0.15, 0.2) is 0 Å². The zero-order valence-corrected chi connectivity index (χ0v) is 18.5. The number of rotatable bonds is 7. The highest BCUT2D eigenvalue weighted by atomic mass is 33.1. The lowest BCUT2D eigenvalue weighted by atomic mass is 10.2. The van der Waals surface area contributed by atoms with Gasteiger partial charge in [0.1, 0.15) is 0 Å². The van der Waals surface area contributed by atoms with Gasteiger partial charge in [0.05, 0.1) is 0 Å². The summed E-state index contributed by atoms with van der Waals surface area (Å²) in [4.78, 5) is 0. The molecule has 0 atom stereocenters. The molecule has 0 aromatic heterocycles. The Labute approximate surface area is 147 Å². The molecule has 2 saturated heterocycles. The average Bonchev–Trinajstić information content (AvgIpc) is 2.61. The highest BCUT2D eigenvalue weighted by Gasteiger charge is 2.39. The molecule has 0 aliphatic carbocycles.